The van der Waals surface area contributed by atoms with Gasteiger partial charge in [0, 0.05) is 11.1 Å². The molecule has 5 heteroatoms. The SMILES string of the molecule is O=C(C(=NOc1ccccc1)c1ccccc1Cl)c1ccccc1Cl. The van der Waals surface area contributed by atoms with Gasteiger partial charge in [-0.2, -0.15) is 0 Å². The van der Waals surface area contributed by atoms with Crippen molar-refractivity contribution in [1.29, 1.82) is 0 Å². The zero-order valence-corrected chi connectivity index (χ0v) is 14.5. The molecule has 0 saturated carbocycles. The van der Waals surface area contributed by atoms with E-state index < -0.39 is 0 Å². The lowest BCUT2D eigenvalue weighted by atomic mass is 10.0. The average Bonchev–Trinajstić information content (AvgIpc) is 2.64. The van der Waals surface area contributed by atoms with Gasteiger partial charge in [0.2, 0.25) is 5.78 Å². The van der Waals surface area contributed by atoms with Crippen molar-refractivity contribution in [3.63, 3.8) is 0 Å². The van der Waals surface area contributed by atoms with Crippen molar-refractivity contribution in [1.82, 2.24) is 0 Å². The topological polar surface area (TPSA) is 38.7 Å². The quantitative estimate of drug-likeness (QED) is 0.330. The van der Waals surface area contributed by atoms with Crippen molar-refractivity contribution in [2.24, 2.45) is 5.16 Å². The molecule has 0 unspecified atom stereocenters. The number of para-hydroxylation sites is 1. The Morgan fingerprint density at radius 2 is 1.24 bits per heavy atom. The van der Waals surface area contributed by atoms with Crippen LogP contribution in [0, 0.1) is 0 Å². The molecule has 0 fully saturated rings. The number of Topliss-reactive ketones (excluding diaryl/α,β-unsaturated/α-hetero) is 1. The third kappa shape index (κ3) is 4.08. The van der Waals surface area contributed by atoms with Gasteiger partial charge in [-0.3, -0.25) is 4.79 Å². The second kappa shape index (κ2) is 7.97. The van der Waals surface area contributed by atoms with Crippen LogP contribution in [-0.2, 0) is 0 Å². The Balaban J connectivity index is 2.05. The fourth-order valence-electron chi connectivity index (χ4n) is 2.22. The number of oxime groups is 1. The first-order valence-electron chi connectivity index (χ1n) is 7.51. The fourth-order valence-corrected chi connectivity index (χ4v) is 2.67. The lowest BCUT2D eigenvalue weighted by Crippen LogP contribution is -2.18. The predicted molar refractivity (Wildman–Crippen MR) is 101 cm³/mol. The molecule has 0 aliphatic heterocycles. The van der Waals surface area contributed by atoms with Crippen molar-refractivity contribution < 1.29 is 9.63 Å². The summed E-state index contributed by atoms with van der Waals surface area (Å²) in [7, 11) is 0. The van der Waals surface area contributed by atoms with E-state index in [9.17, 15) is 4.79 Å². The lowest BCUT2D eigenvalue weighted by molar-refractivity contribution is 0.106. The van der Waals surface area contributed by atoms with Crippen LogP contribution in [0.2, 0.25) is 10.0 Å². The summed E-state index contributed by atoms with van der Waals surface area (Å²) in [4.78, 5) is 18.4. The summed E-state index contributed by atoms with van der Waals surface area (Å²) in [5, 5.41) is 4.81. The minimum atomic E-state index is -0.366. The molecule has 0 aliphatic rings. The summed E-state index contributed by atoms with van der Waals surface area (Å²) < 4.78 is 0. The second-order valence-corrected chi connectivity index (χ2v) is 5.95. The molecule has 124 valence electrons. The minimum absolute atomic E-state index is 0.0857. The maximum atomic E-state index is 13.0. The molecule has 0 aromatic heterocycles. The molecule has 3 aromatic carbocycles. The second-order valence-electron chi connectivity index (χ2n) is 5.13. The Labute approximate surface area is 155 Å². The molecule has 25 heavy (non-hydrogen) atoms. The Bertz CT molecular complexity index is 924. The van der Waals surface area contributed by atoms with E-state index in [1.807, 2.05) is 18.2 Å². The molecule has 0 radical (unpaired) electrons. The largest absolute Gasteiger partial charge is 0.356 e. The van der Waals surface area contributed by atoms with Crippen LogP contribution < -0.4 is 4.84 Å². The Morgan fingerprint density at radius 1 is 0.720 bits per heavy atom. The first kappa shape index (κ1) is 17.2. The Kier molecular flexibility index (Phi) is 5.49. The van der Waals surface area contributed by atoms with Gasteiger partial charge in [-0.25, -0.2) is 0 Å². The highest BCUT2D eigenvalue weighted by Crippen LogP contribution is 2.22. The molecule has 0 saturated heterocycles. The van der Waals surface area contributed by atoms with Crippen molar-refractivity contribution in [2.45, 2.75) is 0 Å². The van der Waals surface area contributed by atoms with Crippen molar-refractivity contribution in [3.8, 4) is 5.75 Å². The number of nitrogens with zero attached hydrogens (tertiary/aromatic N) is 1. The van der Waals surface area contributed by atoms with E-state index in [0.717, 1.165) is 0 Å². The molecule has 0 atom stereocenters. The van der Waals surface area contributed by atoms with Crippen LogP contribution in [0.25, 0.3) is 0 Å². The Hall–Kier alpha value is -2.62. The molecular weight excluding hydrogens is 357 g/mol. The number of rotatable bonds is 5. The van der Waals surface area contributed by atoms with Gasteiger partial charge in [-0.05, 0) is 30.3 Å². The molecule has 3 rings (SSSR count). The molecule has 0 N–H and O–H groups in total. The summed E-state index contributed by atoms with van der Waals surface area (Å²) >= 11 is 12.4. The van der Waals surface area contributed by atoms with E-state index >= 15 is 0 Å². The van der Waals surface area contributed by atoms with E-state index in [-0.39, 0.29) is 11.5 Å². The normalized spacial score (nSPS) is 11.2. The molecule has 0 bridgehead atoms. The van der Waals surface area contributed by atoms with Gasteiger partial charge in [0.05, 0.1) is 10.0 Å². The van der Waals surface area contributed by atoms with Gasteiger partial charge in [-0.1, -0.05) is 76.9 Å². The molecule has 3 aromatic rings. The zero-order valence-electron chi connectivity index (χ0n) is 13.0. The van der Waals surface area contributed by atoms with E-state index in [2.05, 4.69) is 5.16 Å². The third-order valence-electron chi connectivity index (χ3n) is 3.45. The summed E-state index contributed by atoms with van der Waals surface area (Å²) in [5.41, 5.74) is 0.895. The monoisotopic (exact) mass is 369 g/mol. The molecule has 0 amide bonds. The van der Waals surface area contributed by atoms with Gasteiger partial charge >= 0.3 is 0 Å². The number of carbonyl (C=O) groups is 1. The molecule has 0 aliphatic carbocycles. The third-order valence-corrected chi connectivity index (χ3v) is 4.11. The Morgan fingerprint density at radius 3 is 1.84 bits per heavy atom. The van der Waals surface area contributed by atoms with E-state index in [1.165, 1.54) is 0 Å². The predicted octanol–water partition coefficient (Wildman–Crippen LogP) is 5.66. The molecule has 0 heterocycles. The fraction of sp³-hybridized carbons (Fsp3) is 0. The summed E-state index contributed by atoms with van der Waals surface area (Å²) in [6.07, 6.45) is 0. The maximum absolute atomic E-state index is 13.0. The number of ketones is 1. The van der Waals surface area contributed by atoms with Gasteiger partial charge in [0.25, 0.3) is 0 Å². The highest BCUT2D eigenvalue weighted by molar-refractivity contribution is 6.55. The average molecular weight is 370 g/mol. The highest BCUT2D eigenvalue weighted by atomic mass is 35.5. The molecular formula is C20H13Cl2NO2. The lowest BCUT2D eigenvalue weighted by Gasteiger charge is -2.09. The van der Waals surface area contributed by atoms with Crippen molar-refractivity contribution in [3.05, 3.63) is 100 Å². The van der Waals surface area contributed by atoms with Gasteiger partial charge < -0.3 is 4.84 Å². The maximum Gasteiger partial charge on any atom is 0.216 e. The van der Waals surface area contributed by atoms with Crippen molar-refractivity contribution >= 4 is 34.7 Å². The summed E-state index contributed by atoms with van der Waals surface area (Å²) in [6, 6.07) is 22.7. The van der Waals surface area contributed by atoms with Gasteiger partial charge in [0.15, 0.2) is 11.5 Å². The van der Waals surface area contributed by atoms with E-state index in [0.29, 0.717) is 26.9 Å². The number of hydrogen-bond acceptors (Lipinski definition) is 3. The number of hydrogen-bond donors (Lipinski definition) is 0. The summed E-state index contributed by atoms with van der Waals surface area (Å²) in [6.45, 7) is 0. The van der Waals surface area contributed by atoms with Crippen molar-refractivity contribution in [2.75, 3.05) is 0 Å². The molecule has 3 nitrogen and oxygen atoms in total. The van der Waals surface area contributed by atoms with Crippen LogP contribution in [0.15, 0.2) is 84.0 Å². The number of benzene rings is 3. The van der Waals surface area contributed by atoms with Gasteiger partial charge in [-0.15, -0.1) is 0 Å². The van der Waals surface area contributed by atoms with Crippen LogP contribution in [0.3, 0.4) is 0 Å². The van der Waals surface area contributed by atoms with Crippen LogP contribution >= 0.6 is 23.2 Å². The summed E-state index contributed by atoms with van der Waals surface area (Å²) in [5.74, 6) is 0.147. The van der Waals surface area contributed by atoms with Crippen LogP contribution in [0.4, 0.5) is 0 Å². The first-order valence-corrected chi connectivity index (χ1v) is 8.26. The molecule has 0 spiro atoms. The smallest absolute Gasteiger partial charge is 0.216 e. The van der Waals surface area contributed by atoms with Crippen LogP contribution in [0.5, 0.6) is 5.75 Å². The van der Waals surface area contributed by atoms with E-state index in [1.54, 1.807) is 60.7 Å². The van der Waals surface area contributed by atoms with Crippen LogP contribution in [0.1, 0.15) is 15.9 Å². The number of carbonyl (C=O) groups excluding carboxylic acids is 1. The zero-order chi connectivity index (χ0) is 17.6. The minimum Gasteiger partial charge on any atom is -0.356 e. The number of halogens is 2. The van der Waals surface area contributed by atoms with Gasteiger partial charge in [0.1, 0.15) is 0 Å². The highest BCUT2D eigenvalue weighted by Gasteiger charge is 2.21. The van der Waals surface area contributed by atoms with Crippen LogP contribution in [-0.4, -0.2) is 11.5 Å². The van der Waals surface area contributed by atoms with E-state index in [4.69, 9.17) is 28.0 Å². The first-order chi connectivity index (χ1) is 12.2. The standard InChI is InChI=1S/C20H13Cl2NO2/c21-17-12-6-4-10-15(17)19(23-25-14-8-2-1-3-9-14)20(24)16-11-5-7-13-18(16)22/h1-13H.